The minimum Gasteiger partial charge on any atom is -0.0991 e. The second-order valence-corrected chi connectivity index (χ2v) is 8.75. The number of hydrogen-bond donors (Lipinski definition) is 0. The molecule has 2 unspecified atom stereocenters. The third-order valence-corrected chi connectivity index (χ3v) is 6.98. The Kier molecular flexibility index (Phi) is 4.87. The van der Waals surface area contributed by atoms with E-state index in [9.17, 15) is 0 Å². The van der Waals surface area contributed by atoms with Gasteiger partial charge in [0, 0.05) is 5.41 Å². The van der Waals surface area contributed by atoms with Crippen molar-refractivity contribution in [1.29, 1.82) is 0 Å². The van der Waals surface area contributed by atoms with Gasteiger partial charge < -0.3 is 0 Å². The first kappa shape index (κ1) is 19.6. The average Bonchev–Trinajstić information content (AvgIpc) is 3.00. The van der Waals surface area contributed by atoms with Gasteiger partial charge in [-0.05, 0) is 65.7 Å². The van der Waals surface area contributed by atoms with E-state index in [4.69, 9.17) is 0 Å². The van der Waals surface area contributed by atoms with E-state index in [1.807, 2.05) is 6.08 Å². The first-order valence-electron chi connectivity index (χ1n) is 11.1. The molecule has 6 rings (SSSR count). The molecule has 2 atom stereocenters. The van der Waals surface area contributed by atoms with Crippen LogP contribution in [0.15, 0.2) is 121 Å². The molecule has 0 amide bonds. The van der Waals surface area contributed by atoms with E-state index in [0.29, 0.717) is 5.92 Å². The van der Waals surface area contributed by atoms with Crippen LogP contribution in [0.1, 0.15) is 30.0 Å². The summed E-state index contributed by atoms with van der Waals surface area (Å²) in [5, 5.41) is 0. The maximum Gasteiger partial charge on any atom is 0.0483 e. The average molecular weight is 401 g/mol. The van der Waals surface area contributed by atoms with Crippen molar-refractivity contribution < 1.29 is 0 Å². The Morgan fingerprint density at radius 1 is 0.968 bits per heavy atom. The lowest BCUT2D eigenvalue weighted by molar-refractivity contribution is 0.443. The van der Waals surface area contributed by atoms with Gasteiger partial charge in [-0.1, -0.05) is 115 Å². The Bertz CT molecular complexity index is 1240. The molecule has 0 radical (unpaired) electrons. The number of fused-ring (bicyclic) bond motifs is 1. The highest BCUT2D eigenvalue weighted by atomic mass is 14.5. The van der Waals surface area contributed by atoms with Crippen LogP contribution in [0.5, 0.6) is 0 Å². The zero-order chi connectivity index (χ0) is 21.4. The van der Waals surface area contributed by atoms with Gasteiger partial charge in [0.15, 0.2) is 0 Å². The monoisotopic (exact) mass is 400 g/mol. The SMILES string of the molecule is C=C/C=C1/C=C\C=C/C=C(/C)C12c1cc(-c3cccc(C)c3)ccc1C1=CCC2C=C1. The van der Waals surface area contributed by atoms with Crippen LogP contribution >= 0.6 is 0 Å². The molecule has 0 nitrogen and oxygen atoms in total. The quantitative estimate of drug-likeness (QED) is 0.478. The van der Waals surface area contributed by atoms with Crippen LogP contribution in [0.4, 0.5) is 0 Å². The highest BCUT2D eigenvalue weighted by Gasteiger charge is 2.46. The Morgan fingerprint density at radius 2 is 1.84 bits per heavy atom. The molecular weight excluding hydrogens is 372 g/mol. The summed E-state index contributed by atoms with van der Waals surface area (Å²) in [6.45, 7) is 8.50. The van der Waals surface area contributed by atoms with Gasteiger partial charge in [0.25, 0.3) is 0 Å². The fraction of sp³-hybridized carbons (Fsp3) is 0.161. The fourth-order valence-corrected chi connectivity index (χ4v) is 5.57. The summed E-state index contributed by atoms with van der Waals surface area (Å²) in [6, 6.07) is 15.9. The second-order valence-electron chi connectivity index (χ2n) is 8.75. The molecule has 2 aromatic rings. The minimum atomic E-state index is -0.226. The highest BCUT2D eigenvalue weighted by Crippen LogP contribution is 2.55. The van der Waals surface area contributed by atoms with Crippen molar-refractivity contribution in [2.45, 2.75) is 25.7 Å². The maximum atomic E-state index is 4.05. The molecule has 2 aromatic carbocycles. The summed E-state index contributed by atoms with van der Waals surface area (Å²) in [6.07, 6.45) is 23.3. The maximum absolute atomic E-state index is 4.05. The van der Waals surface area contributed by atoms with Gasteiger partial charge in [0.1, 0.15) is 0 Å². The van der Waals surface area contributed by atoms with Gasteiger partial charge in [-0.3, -0.25) is 0 Å². The standard InChI is InChI=1S/C31H28/c1-4-9-27-13-7-5-6-11-23(3)31(27)28-17-14-24(15-18-28)29-19-16-26(21-30(29)31)25-12-8-10-22(2)20-25/h4-17,19-21,28H,1,18H2,2-3H3/b6-5-,13-7-,23-11-,27-9-. The van der Waals surface area contributed by atoms with Crippen LogP contribution in [0.25, 0.3) is 16.7 Å². The van der Waals surface area contributed by atoms with E-state index >= 15 is 0 Å². The van der Waals surface area contributed by atoms with Crippen LogP contribution in [0.2, 0.25) is 0 Å². The van der Waals surface area contributed by atoms with Crippen molar-refractivity contribution in [2.24, 2.45) is 5.92 Å². The van der Waals surface area contributed by atoms with E-state index in [2.05, 4.69) is 118 Å². The van der Waals surface area contributed by atoms with Crippen molar-refractivity contribution in [1.82, 2.24) is 0 Å². The molecule has 31 heavy (non-hydrogen) atoms. The Hall–Kier alpha value is -3.38. The molecule has 2 bridgehead atoms. The van der Waals surface area contributed by atoms with Crippen molar-refractivity contribution >= 4 is 5.57 Å². The molecule has 4 aliphatic rings. The van der Waals surface area contributed by atoms with Crippen LogP contribution in [-0.4, -0.2) is 0 Å². The lowest BCUT2D eigenvalue weighted by Gasteiger charge is -2.43. The van der Waals surface area contributed by atoms with E-state index in [1.54, 1.807) is 0 Å². The third-order valence-electron chi connectivity index (χ3n) is 6.98. The highest BCUT2D eigenvalue weighted by molar-refractivity contribution is 5.84. The van der Waals surface area contributed by atoms with Gasteiger partial charge in [-0.15, -0.1) is 0 Å². The molecule has 0 heteroatoms. The molecule has 0 fully saturated rings. The molecule has 0 saturated heterocycles. The predicted molar refractivity (Wildman–Crippen MR) is 134 cm³/mol. The van der Waals surface area contributed by atoms with E-state index in [1.165, 1.54) is 44.5 Å². The molecular formula is C31H28. The van der Waals surface area contributed by atoms with Crippen LogP contribution in [0, 0.1) is 12.8 Å². The molecule has 152 valence electrons. The van der Waals surface area contributed by atoms with Crippen LogP contribution in [0.3, 0.4) is 0 Å². The molecule has 0 heterocycles. The number of aryl methyl sites for hydroxylation is 1. The lowest BCUT2D eigenvalue weighted by Crippen LogP contribution is -2.37. The molecule has 0 aliphatic heterocycles. The Balaban J connectivity index is 1.86. The Morgan fingerprint density at radius 3 is 2.61 bits per heavy atom. The molecule has 4 aliphatic carbocycles. The number of benzene rings is 2. The zero-order valence-corrected chi connectivity index (χ0v) is 18.3. The summed E-state index contributed by atoms with van der Waals surface area (Å²) in [5.41, 5.74) is 10.4. The number of rotatable bonds is 2. The van der Waals surface area contributed by atoms with Crippen molar-refractivity contribution in [3.8, 4) is 11.1 Å². The largest absolute Gasteiger partial charge is 0.0991 e. The first-order chi connectivity index (χ1) is 15.1. The number of hydrogen-bond acceptors (Lipinski definition) is 0. The third kappa shape index (κ3) is 3.06. The van der Waals surface area contributed by atoms with Gasteiger partial charge in [0.05, 0.1) is 0 Å². The first-order valence-corrected chi connectivity index (χ1v) is 11.1. The van der Waals surface area contributed by atoms with E-state index in [-0.39, 0.29) is 5.41 Å². The Labute approximate surface area is 186 Å². The van der Waals surface area contributed by atoms with Crippen molar-refractivity contribution in [3.63, 3.8) is 0 Å². The molecule has 0 N–H and O–H groups in total. The van der Waals surface area contributed by atoms with Crippen LogP contribution < -0.4 is 0 Å². The molecule has 0 aromatic heterocycles. The van der Waals surface area contributed by atoms with Gasteiger partial charge in [-0.2, -0.15) is 0 Å². The van der Waals surface area contributed by atoms with E-state index < -0.39 is 0 Å². The van der Waals surface area contributed by atoms with Gasteiger partial charge in [0.2, 0.25) is 0 Å². The normalized spacial score (nSPS) is 28.7. The summed E-state index contributed by atoms with van der Waals surface area (Å²) in [5.74, 6) is 0.365. The smallest absolute Gasteiger partial charge is 0.0483 e. The fourth-order valence-electron chi connectivity index (χ4n) is 5.57. The van der Waals surface area contributed by atoms with Gasteiger partial charge >= 0.3 is 0 Å². The topological polar surface area (TPSA) is 0 Å². The van der Waals surface area contributed by atoms with Gasteiger partial charge in [-0.25, -0.2) is 0 Å². The minimum absolute atomic E-state index is 0.226. The lowest BCUT2D eigenvalue weighted by atomic mass is 9.59. The van der Waals surface area contributed by atoms with E-state index in [0.717, 1.165) is 6.42 Å². The van der Waals surface area contributed by atoms with Crippen molar-refractivity contribution in [3.05, 3.63) is 138 Å². The summed E-state index contributed by atoms with van der Waals surface area (Å²) in [7, 11) is 0. The zero-order valence-electron chi connectivity index (χ0n) is 18.3. The predicted octanol–water partition coefficient (Wildman–Crippen LogP) is 8.06. The number of allylic oxidation sites excluding steroid dienone is 13. The molecule has 1 spiro atoms. The van der Waals surface area contributed by atoms with Crippen LogP contribution in [-0.2, 0) is 5.41 Å². The van der Waals surface area contributed by atoms with Crippen molar-refractivity contribution in [2.75, 3.05) is 0 Å². The summed E-state index contributed by atoms with van der Waals surface area (Å²) >= 11 is 0. The summed E-state index contributed by atoms with van der Waals surface area (Å²) in [4.78, 5) is 0. The summed E-state index contributed by atoms with van der Waals surface area (Å²) < 4.78 is 0. The second kappa shape index (κ2) is 7.71. The molecule has 0 saturated carbocycles.